The molecule has 0 aliphatic rings. The number of carbonyl (C=O) groups is 3. The van der Waals surface area contributed by atoms with Gasteiger partial charge in [0.05, 0.1) is 23.6 Å². The van der Waals surface area contributed by atoms with Crippen molar-refractivity contribution in [1.82, 2.24) is 9.97 Å². The number of hydrogen-bond acceptors (Lipinski definition) is 6. The lowest BCUT2D eigenvalue weighted by Crippen LogP contribution is -2.38. The fourth-order valence-electron chi connectivity index (χ4n) is 2.71. The summed E-state index contributed by atoms with van der Waals surface area (Å²) < 4.78 is 18.7. The molecule has 0 aromatic carbocycles. The minimum Gasteiger partial charge on any atom is -0.465 e. The number of aryl methyl sites for hydroxylation is 1. The van der Waals surface area contributed by atoms with Crippen LogP contribution in [0.5, 0.6) is 0 Å². The third kappa shape index (κ3) is 5.12. The molecular weight excluding hydrogens is 436 g/mol. The van der Waals surface area contributed by atoms with Crippen molar-refractivity contribution in [3.63, 3.8) is 0 Å². The molecule has 30 heavy (non-hydrogen) atoms. The van der Waals surface area contributed by atoms with Crippen LogP contribution in [0.3, 0.4) is 0 Å². The van der Waals surface area contributed by atoms with Gasteiger partial charge in [0.2, 0.25) is 5.91 Å². The van der Waals surface area contributed by atoms with E-state index in [2.05, 4.69) is 15.3 Å². The number of anilines is 1. The molecule has 0 aliphatic carbocycles. The van der Waals surface area contributed by atoms with Crippen LogP contribution in [0.4, 0.5) is 10.1 Å². The van der Waals surface area contributed by atoms with Crippen LogP contribution in [0.2, 0.25) is 10.3 Å². The summed E-state index contributed by atoms with van der Waals surface area (Å²) in [6, 6.07) is 2.41. The first-order valence-corrected chi connectivity index (χ1v) is 9.82. The molecular formula is C20H20Cl2FN3O4. The Labute approximate surface area is 182 Å². The van der Waals surface area contributed by atoms with Gasteiger partial charge in [-0.25, -0.2) is 9.37 Å². The Morgan fingerprint density at radius 3 is 2.50 bits per heavy atom. The highest BCUT2D eigenvalue weighted by Gasteiger charge is 2.38. The standard InChI is InChI=1S/C20H20Cl2FN3O4/c1-5-30-20(29)13(16(27)11-8-12(23)18(22)26-17(11)21)19(28)25-15-10(4)6-7-24-14(15)9(2)3/h6-9,13H,5H2,1-4H3,(H,25,28). The molecule has 2 heterocycles. The second-order valence-electron chi connectivity index (χ2n) is 6.68. The number of pyridine rings is 2. The number of nitrogens with zero attached hydrogens (tertiary/aromatic N) is 2. The average Bonchev–Trinajstić information content (AvgIpc) is 2.66. The molecule has 0 radical (unpaired) electrons. The smallest absolute Gasteiger partial charge is 0.326 e. The van der Waals surface area contributed by atoms with Crippen molar-refractivity contribution in [3.8, 4) is 0 Å². The fourth-order valence-corrected chi connectivity index (χ4v) is 3.12. The molecule has 10 heteroatoms. The molecule has 7 nitrogen and oxygen atoms in total. The Kier molecular flexibility index (Phi) is 7.86. The lowest BCUT2D eigenvalue weighted by molar-refractivity contribution is -0.148. The number of ether oxygens (including phenoxy) is 1. The zero-order valence-corrected chi connectivity index (χ0v) is 18.3. The summed E-state index contributed by atoms with van der Waals surface area (Å²) in [4.78, 5) is 46.2. The molecule has 0 spiro atoms. The van der Waals surface area contributed by atoms with E-state index in [1.807, 2.05) is 13.8 Å². The quantitative estimate of drug-likeness (QED) is 0.288. The van der Waals surface area contributed by atoms with Crippen LogP contribution in [0.15, 0.2) is 18.3 Å². The topological polar surface area (TPSA) is 98.3 Å². The fraction of sp³-hybridized carbons (Fsp3) is 0.350. The van der Waals surface area contributed by atoms with Gasteiger partial charge in [-0.1, -0.05) is 37.0 Å². The normalized spacial score (nSPS) is 11.9. The highest BCUT2D eigenvalue weighted by molar-refractivity contribution is 6.36. The second kappa shape index (κ2) is 9.95. The Hall–Kier alpha value is -2.58. The number of carbonyl (C=O) groups excluding carboxylic acids is 3. The van der Waals surface area contributed by atoms with Gasteiger partial charge in [-0.15, -0.1) is 0 Å². The summed E-state index contributed by atoms with van der Waals surface area (Å²) in [5.41, 5.74) is 1.19. The largest absolute Gasteiger partial charge is 0.465 e. The molecule has 2 rings (SSSR count). The Morgan fingerprint density at radius 1 is 1.23 bits per heavy atom. The van der Waals surface area contributed by atoms with Gasteiger partial charge in [-0.05, 0) is 37.5 Å². The van der Waals surface area contributed by atoms with Crippen molar-refractivity contribution in [2.75, 3.05) is 11.9 Å². The molecule has 2 aromatic heterocycles. The van der Waals surface area contributed by atoms with Gasteiger partial charge in [0.1, 0.15) is 5.15 Å². The van der Waals surface area contributed by atoms with Gasteiger partial charge in [0, 0.05) is 6.20 Å². The van der Waals surface area contributed by atoms with Gasteiger partial charge in [-0.3, -0.25) is 19.4 Å². The molecule has 0 aliphatic heterocycles. The predicted molar refractivity (Wildman–Crippen MR) is 110 cm³/mol. The molecule has 1 unspecified atom stereocenters. The molecule has 0 saturated carbocycles. The number of rotatable bonds is 7. The van der Waals surface area contributed by atoms with Crippen LogP contribution in [0.25, 0.3) is 0 Å². The van der Waals surface area contributed by atoms with Crippen molar-refractivity contribution >= 4 is 46.5 Å². The number of esters is 1. The molecule has 0 fully saturated rings. The van der Waals surface area contributed by atoms with Gasteiger partial charge >= 0.3 is 5.97 Å². The summed E-state index contributed by atoms with van der Waals surface area (Å²) in [5.74, 6) is -6.10. The van der Waals surface area contributed by atoms with E-state index in [9.17, 15) is 18.8 Å². The number of Topliss-reactive ketones (excluding diaryl/α,β-unsaturated/α-hetero) is 1. The summed E-state index contributed by atoms with van der Waals surface area (Å²) in [7, 11) is 0. The first kappa shape index (κ1) is 23.7. The maximum Gasteiger partial charge on any atom is 0.326 e. The minimum absolute atomic E-state index is 0.0408. The lowest BCUT2D eigenvalue weighted by Gasteiger charge is -2.19. The number of amides is 1. The highest BCUT2D eigenvalue weighted by atomic mass is 35.5. The summed E-state index contributed by atoms with van der Waals surface area (Å²) in [6.45, 7) is 6.97. The van der Waals surface area contributed by atoms with Crippen molar-refractivity contribution in [3.05, 3.63) is 51.3 Å². The van der Waals surface area contributed by atoms with Gasteiger partial charge in [-0.2, -0.15) is 0 Å². The zero-order chi connectivity index (χ0) is 22.6. The Bertz CT molecular complexity index is 998. The van der Waals surface area contributed by atoms with E-state index in [0.29, 0.717) is 16.9 Å². The Balaban J connectivity index is 2.48. The molecule has 160 valence electrons. The molecule has 1 amide bonds. The van der Waals surface area contributed by atoms with E-state index in [4.69, 9.17) is 27.9 Å². The van der Waals surface area contributed by atoms with E-state index < -0.39 is 45.3 Å². The monoisotopic (exact) mass is 455 g/mol. The third-order valence-electron chi connectivity index (χ3n) is 4.18. The third-order valence-corrected chi connectivity index (χ3v) is 4.74. The van der Waals surface area contributed by atoms with Gasteiger partial charge in [0.25, 0.3) is 0 Å². The van der Waals surface area contributed by atoms with Crippen molar-refractivity contribution in [1.29, 1.82) is 0 Å². The van der Waals surface area contributed by atoms with E-state index in [1.165, 1.54) is 6.92 Å². The maximum absolute atomic E-state index is 13.8. The van der Waals surface area contributed by atoms with E-state index in [0.717, 1.165) is 6.07 Å². The van der Waals surface area contributed by atoms with Crippen LogP contribution in [0.1, 0.15) is 48.3 Å². The maximum atomic E-state index is 13.8. The number of halogens is 3. The Morgan fingerprint density at radius 2 is 1.90 bits per heavy atom. The summed E-state index contributed by atoms with van der Waals surface area (Å²) in [6.07, 6.45) is 1.59. The molecule has 2 aromatic rings. The SMILES string of the molecule is CCOC(=O)C(C(=O)Nc1c(C)ccnc1C(C)C)C(=O)c1cc(F)c(Cl)nc1Cl. The number of hydrogen-bond donors (Lipinski definition) is 1. The average molecular weight is 456 g/mol. The summed E-state index contributed by atoms with van der Waals surface area (Å²) in [5, 5.41) is 1.61. The van der Waals surface area contributed by atoms with Crippen LogP contribution >= 0.6 is 23.2 Å². The highest BCUT2D eigenvalue weighted by Crippen LogP contribution is 2.28. The molecule has 1 N–H and O–H groups in total. The van der Waals surface area contributed by atoms with E-state index in [-0.39, 0.29) is 12.5 Å². The molecule has 0 saturated heterocycles. The minimum atomic E-state index is -1.93. The van der Waals surface area contributed by atoms with E-state index >= 15 is 0 Å². The number of aromatic nitrogens is 2. The van der Waals surface area contributed by atoms with Crippen LogP contribution in [0, 0.1) is 18.7 Å². The molecule has 0 bridgehead atoms. The molecule has 1 atom stereocenters. The zero-order valence-electron chi connectivity index (χ0n) is 16.8. The first-order chi connectivity index (χ1) is 14.1. The van der Waals surface area contributed by atoms with Gasteiger partial charge in [0.15, 0.2) is 22.7 Å². The van der Waals surface area contributed by atoms with Gasteiger partial charge < -0.3 is 10.1 Å². The number of nitrogens with one attached hydrogen (secondary N) is 1. The van der Waals surface area contributed by atoms with Crippen LogP contribution in [-0.2, 0) is 14.3 Å². The second-order valence-corrected chi connectivity index (χ2v) is 7.40. The summed E-state index contributed by atoms with van der Waals surface area (Å²) >= 11 is 11.5. The first-order valence-electron chi connectivity index (χ1n) is 9.07. The van der Waals surface area contributed by atoms with Crippen molar-refractivity contribution in [2.24, 2.45) is 5.92 Å². The van der Waals surface area contributed by atoms with Crippen LogP contribution < -0.4 is 5.32 Å². The van der Waals surface area contributed by atoms with Crippen LogP contribution in [-0.4, -0.2) is 34.2 Å². The van der Waals surface area contributed by atoms with E-state index in [1.54, 1.807) is 19.2 Å². The van der Waals surface area contributed by atoms with Crippen molar-refractivity contribution in [2.45, 2.75) is 33.6 Å². The number of ketones is 1. The predicted octanol–water partition coefficient (Wildman–Crippen LogP) is 4.36. The lowest BCUT2D eigenvalue weighted by atomic mass is 9.96. The van der Waals surface area contributed by atoms with Crippen molar-refractivity contribution < 1.29 is 23.5 Å².